The number of ether oxygens (including phenoxy) is 2. The van der Waals surface area contributed by atoms with Gasteiger partial charge in [-0.2, -0.15) is 0 Å². The van der Waals surface area contributed by atoms with Gasteiger partial charge in [-0.25, -0.2) is 4.79 Å². The van der Waals surface area contributed by atoms with E-state index in [1.54, 1.807) is 18.1 Å². The Bertz CT molecular complexity index is 698. The van der Waals surface area contributed by atoms with Crippen LogP contribution >= 0.6 is 0 Å². The molecule has 3 rings (SSSR count). The van der Waals surface area contributed by atoms with Gasteiger partial charge in [0.25, 0.3) is 0 Å². The Hall–Kier alpha value is -2.75. The lowest BCUT2D eigenvalue weighted by molar-refractivity contribution is 0.176. The Balaban J connectivity index is 2.18. The van der Waals surface area contributed by atoms with Crippen molar-refractivity contribution in [3.8, 4) is 5.75 Å². The SMILES string of the molecule is C=C[C@]1(c2ccccc2)COC(=O)N1c1ccccc1OC. The monoisotopic (exact) mass is 295 g/mol. The zero-order valence-electron chi connectivity index (χ0n) is 12.4. The normalized spacial score (nSPS) is 20.6. The molecule has 1 fully saturated rings. The van der Waals surface area contributed by atoms with E-state index in [1.165, 1.54) is 0 Å². The van der Waals surface area contributed by atoms with Crippen molar-refractivity contribution in [2.45, 2.75) is 5.54 Å². The minimum Gasteiger partial charge on any atom is -0.495 e. The minimum atomic E-state index is -0.743. The van der Waals surface area contributed by atoms with Crippen LogP contribution in [0.4, 0.5) is 10.5 Å². The second kappa shape index (κ2) is 5.56. The fourth-order valence-corrected chi connectivity index (χ4v) is 2.80. The summed E-state index contributed by atoms with van der Waals surface area (Å²) < 4.78 is 10.7. The molecule has 0 saturated carbocycles. The van der Waals surface area contributed by atoms with Crippen molar-refractivity contribution >= 4 is 11.8 Å². The van der Waals surface area contributed by atoms with E-state index in [1.807, 2.05) is 54.6 Å². The Morgan fingerprint density at radius 3 is 2.55 bits per heavy atom. The smallest absolute Gasteiger partial charge is 0.415 e. The van der Waals surface area contributed by atoms with Gasteiger partial charge < -0.3 is 9.47 Å². The second-order valence-corrected chi connectivity index (χ2v) is 5.06. The zero-order chi connectivity index (χ0) is 15.6. The lowest BCUT2D eigenvalue weighted by Crippen LogP contribution is -2.43. The van der Waals surface area contributed by atoms with Gasteiger partial charge in [0.15, 0.2) is 0 Å². The van der Waals surface area contributed by atoms with Crippen molar-refractivity contribution in [2.75, 3.05) is 18.6 Å². The number of anilines is 1. The number of hydrogen-bond acceptors (Lipinski definition) is 3. The predicted octanol–water partition coefficient (Wildman–Crippen LogP) is 3.73. The third-order valence-electron chi connectivity index (χ3n) is 3.93. The quantitative estimate of drug-likeness (QED) is 0.807. The van der Waals surface area contributed by atoms with E-state index in [0.717, 1.165) is 5.56 Å². The summed E-state index contributed by atoms with van der Waals surface area (Å²) >= 11 is 0. The van der Waals surface area contributed by atoms with Crippen LogP contribution in [0.15, 0.2) is 67.3 Å². The standard InChI is InChI=1S/C18H17NO3/c1-3-18(14-9-5-4-6-10-14)13-22-17(20)19(18)15-11-7-8-12-16(15)21-2/h3-12H,1,13H2,2H3/t18-/m1/s1. The molecule has 0 bridgehead atoms. The van der Waals surface area contributed by atoms with E-state index in [2.05, 4.69) is 6.58 Å². The van der Waals surface area contributed by atoms with Gasteiger partial charge in [-0.05, 0) is 17.7 Å². The average Bonchev–Trinajstić information content (AvgIpc) is 2.93. The highest BCUT2D eigenvalue weighted by atomic mass is 16.6. The van der Waals surface area contributed by atoms with Gasteiger partial charge in [-0.3, -0.25) is 4.90 Å². The topological polar surface area (TPSA) is 38.8 Å². The lowest BCUT2D eigenvalue weighted by atomic mass is 9.89. The zero-order valence-corrected chi connectivity index (χ0v) is 12.4. The number of methoxy groups -OCH3 is 1. The van der Waals surface area contributed by atoms with Crippen molar-refractivity contribution in [3.05, 3.63) is 72.8 Å². The van der Waals surface area contributed by atoms with E-state index >= 15 is 0 Å². The molecule has 1 amide bonds. The first kappa shape index (κ1) is 14.2. The third kappa shape index (κ3) is 2.04. The maximum absolute atomic E-state index is 12.4. The number of cyclic esters (lactones) is 1. The highest BCUT2D eigenvalue weighted by Crippen LogP contribution is 2.43. The maximum Gasteiger partial charge on any atom is 0.415 e. The molecule has 2 aromatic rings. The summed E-state index contributed by atoms with van der Waals surface area (Å²) in [6, 6.07) is 17.1. The molecule has 1 atom stereocenters. The number of rotatable bonds is 4. The van der Waals surface area contributed by atoms with Gasteiger partial charge >= 0.3 is 6.09 Å². The molecule has 0 spiro atoms. The summed E-state index contributed by atoms with van der Waals surface area (Å²) in [5, 5.41) is 0. The van der Waals surface area contributed by atoms with E-state index in [9.17, 15) is 4.79 Å². The molecule has 2 aromatic carbocycles. The van der Waals surface area contributed by atoms with Gasteiger partial charge in [0.05, 0.1) is 12.8 Å². The van der Waals surface area contributed by atoms with E-state index in [4.69, 9.17) is 9.47 Å². The van der Waals surface area contributed by atoms with Crippen LogP contribution in [0, 0.1) is 0 Å². The van der Waals surface area contributed by atoms with Crippen LogP contribution in [-0.4, -0.2) is 19.8 Å². The number of hydrogen-bond donors (Lipinski definition) is 0. The largest absolute Gasteiger partial charge is 0.495 e. The first-order valence-electron chi connectivity index (χ1n) is 7.02. The number of benzene rings is 2. The first-order chi connectivity index (χ1) is 10.7. The fourth-order valence-electron chi connectivity index (χ4n) is 2.80. The summed E-state index contributed by atoms with van der Waals surface area (Å²) in [6.07, 6.45) is 1.34. The van der Waals surface area contributed by atoms with Crippen LogP contribution in [-0.2, 0) is 10.3 Å². The van der Waals surface area contributed by atoms with Gasteiger partial charge in [0, 0.05) is 0 Å². The fraction of sp³-hybridized carbons (Fsp3) is 0.167. The molecule has 0 aromatic heterocycles. The molecular formula is C18H17NO3. The number of para-hydroxylation sites is 2. The molecule has 1 aliphatic rings. The van der Waals surface area contributed by atoms with Crippen LogP contribution < -0.4 is 9.64 Å². The molecule has 1 heterocycles. The van der Waals surface area contributed by atoms with Crippen molar-refractivity contribution in [2.24, 2.45) is 0 Å². The molecule has 0 aliphatic carbocycles. The molecule has 0 unspecified atom stereocenters. The van der Waals surface area contributed by atoms with Crippen LogP contribution in [0.25, 0.3) is 0 Å². The Morgan fingerprint density at radius 1 is 1.18 bits per heavy atom. The number of carbonyl (C=O) groups excluding carboxylic acids is 1. The van der Waals surface area contributed by atoms with Gasteiger partial charge in [0.2, 0.25) is 0 Å². The summed E-state index contributed by atoms with van der Waals surface area (Å²) in [5.74, 6) is 0.614. The van der Waals surface area contributed by atoms with Crippen molar-refractivity contribution in [3.63, 3.8) is 0 Å². The molecule has 1 saturated heterocycles. The third-order valence-corrected chi connectivity index (χ3v) is 3.93. The first-order valence-corrected chi connectivity index (χ1v) is 7.02. The Labute approximate surface area is 129 Å². The molecule has 4 heteroatoms. The van der Waals surface area contributed by atoms with E-state index in [0.29, 0.717) is 11.4 Å². The molecule has 112 valence electrons. The highest BCUT2D eigenvalue weighted by molar-refractivity contribution is 5.94. The Morgan fingerprint density at radius 2 is 1.86 bits per heavy atom. The summed E-state index contributed by atoms with van der Waals surface area (Å²) in [5.41, 5.74) is 0.866. The summed E-state index contributed by atoms with van der Waals surface area (Å²) in [4.78, 5) is 14.0. The Kier molecular flexibility index (Phi) is 3.59. The molecule has 1 aliphatic heterocycles. The van der Waals surface area contributed by atoms with Crippen LogP contribution in [0.1, 0.15) is 5.56 Å². The predicted molar refractivity (Wildman–Crippen MR) is 85.1 cm³/mol. The van der Waals surface area contributed by atoms with Gasteiger partial charge in [0.1, 0.15) is 17.9 Å². The van der Waals surface area contributed by atoms with Crippen molar-refractivity contribution < 1.29 is 14.3 Å². The summed E-state index contributed by atoms with van der Waals surface area (Å²) in [6.45, 7) is 4.16. The van der Waals surface area contributed by atoms with Crippen LogP contribution in [0.3, 0.4) is 0 Å². The average molecular weight is 295 g/mol. The molecule has 0 N–H and O–H groups in total. The minimum absolute atomic E-state index is 0.220. The lowest BCUT2D eigenvalue weighted by Gasteiger charge is -2.33. The summed E-state index contributed by atoms with van der Waals surface area (Å²) in [7, 11) is 1.58. The van der Waals surface area contributed by atoms with Gasteiger partial charge in [-0.15, -0.1) is 6.58 Å². The van der Waals surface area contributed by atoms with E-state index in [-0.39, 0.29) is 6.61 Å². The van der Waals surface area contributed by atoms with Gasteiger partial charge in [-0.1, -0.05) is 48.5 Å². The van der Waals surface area contributed by atoms with Crippen molar-refractivity contribution in [1.82, 2.24) is 0 Å². The number of carbonyl (C=O) groups is 1. The van der Waals surface area contributed by atoms with Crippen molar-refractivity contribution in [1.29, 1.82) is 0 Å². The number of amides is 1. The highest BCUT2D eigenvalue weighted by Gasteiger charge is 2.48. The molecular weight excluding hydrogens is 278 g/mol. The molecule has 4 nitrogen and oxygen atoms in total. The van der Waals surface area contributed by atoms with Crippen LogP contribution in [0.5, 0.6) is 5.75 Å². The molecule has 0 radical (unpaired) electrons. The number of nitrogens with zero attached hydrogens (tertiary/aromatic N) is 1. The van der Waals surface area contributed by atoms with E-state index < -0.39 is 11.6 Å². The second-order valence-electron chi connectivity index (χ2n) is 5.06. The molecule has 22 heavy (non-hydrogen) atoms. The van der Waals surface area contributed by atoms with Crippen LogP contribution in [0.2, 0.25) is 0 Å². The maximum atomic E-state index is 12.4.